The van der Waals surface area contributed by atoms with E-state index in [0.29, 0.717) is 30.5 Å². The zero-order chi connectivity index (χ0) is 20.6. The molecular weight excluding hydrogens is 386 g/mol. The molecule has 1 aliphatic rings. The molecule has 1 atom stereocenters. The Bertz CT molecular complexity index is 1190. The van der Waals surface area contributed by atoms with Crippen LogP contribution in [0.5, 0.6) is 0 Å². The highest BCUT2D eigenvalue weighted by molar-refractivity contribution is 7.89. The van der Waals surface area contributed by atoms with Gasteiger partial charge < -0.3 is 5.32 Å². The molecule has 1 unspecified atom stereocenters. The molecule has 0 saturated carbocycles. The second kappa shape index (κ2) is 7.57. The summed E-state index contributed by atoms with van der Waals surface area (Å²) in [5.41, 5.74) is 2.77. The Hall–Kier alpha value is -2.77. The van der Waals surface area contributed by atoms with Crippen molar-refractivity contribution in [2.75, 3.05) is 11.9 Å². The van der Waals surface area contributed by atoms with Crippen LogP contribution < -0.4 is 5.32 Å². The third kappa shape index (κ3) is 3.63. The van der Waals surface area contributed by atoms with Crippen molar-refractivity contribution in [2.45, 2.75) is 37.6 Å². The van der Waals surface area contributed by atoms with Crippen molar-refractivity contribution in [3.63, 3.8) is 0 Å². The number of pyridine rings is 1. The lowest BCUT2D eigenvalue weighted by atomic mass is 10.1. The molecule has 7 heteroatoms. The van der Waals surface area contributed by atoms with Gasteiger partial charge in [-0.15, -0.1) is 0 Å². The minimum Gasteiger partial charge on any atom is -0.324 e. The lowest BCUT2D eigenvalue weighted by Gasteiger charge is -2.24. The smallest absolute Gasteiger partial charge is 0.244 e. The first-order valence-corrected chi connectivity index (χ1v) is 11.0. The summed E-state index contributed by atoms with van der Waals surface area (Å²) in [4.78, 5) is 17.3. The van der Waals surface area contributed by atoms with Gasteiger partial charge in [0, 0.05) is 35.4 Å². The Labute approximate surface area is 170 Å². The van der Waals surface area contributed by atoms with Gasteiger partial charge in [0.15, 0.2) is 0 Å². The van der Waals surface area contributed by atoms with E-state index >= 15 is 0 Å². The molecule has 2 heterocycles. The summed E-state index contributed by atoms with van der Waals surface area (Å²) in [6.45, 7) is 4.24. The molecule has 150 valence electrons. The van der Waals surface area contributed by atoms with Gasteiger partial charge >= 0.3 is 0 Å². The first kappa shape index (κ1) is 19.5. The number of sulfonamides is 1. The molecule has 1 aromatic heterocycles. The number of carbonyl (C=O) groups is 1. The maximum Gasteiger partial charge on any atom is 0.244 e. The van der Waals surface area contributed by atoms with Crippen molar-refractivity contribution < 1.29 is 13.2 Å². The predicted molar refractivity (Wildman–Crippen MR) is 113 cm³/mol. The van der Waals surface area contributed by atoms with E-state index in [0.717, 1.165) is 16.5 Å². The molecule has 0 bridgehead atoms. The summed E-state index contributed by atoms with van der Waals surface area (Å²) in [7, 11) is -3.82. The fourth-order valence-corrected chi connectivity index (χ4v) is 5.78. The molecule has 6 nitrogen and oxygen atoms in total. The number of benzene rings is 2. The van der Waals surface area contributed by atoms with Crippen molar-refractivity contribution in [3.8, 4) is 0 Å². The number of anilines is 1. The number of hydrogen-bond donors (Lipinski definition) is 1. The average molecular weight is 410 g/mol. The fourth-order valence-electron chi connectivity index (χ4n) is 3.90. The Balaban J connectivity index is 1.66. The van der Waals surface area contributed by atoms with Crippen LogP contribution in [0.4, 0.5) is 5.69 Å². The number of carbonyl (C=O) groups excluding carboxylic acids is 1. The van der Waals surface area contributed by atoms with Crippen molar-refractivity contribution >= 4 is 32.4 Å². The zero-order valence-electron chi connectivity index (χ0n) is 16.4. The predicted octanol–water partition coefficient (Wildman–Crippen LogP) is 3.64. The molecule has 2 aromatic carbocycles. The van der Waals surface area contributed by atoms with Crippen LogP contribution in [0.2, 0.25) is 0 Å². The lowest BCUT2D eigenvalue weighted by Crippen LogP contribution is -2.43. The molecule has 1 saturated heterocycles. The summed E-state index contributed by atoms with van der Waals surface area (Å²) in [5, 5.41) is 4.28. The Morgan fingerprint density at radius 1 is 1.17 bits per heavy atom. The zero-order valence-corrected chi connectivity index (χ0v) is 17.2. The molecule has 1 amide bonds. The van der Waals surface area contributed by atoms with E-state index in [9.17, 15) is 13.2 Å². The SMILES string of the molecule is Cc1ccc(NC(=O)C2CCCN2S(=O)(=O)c2cccc3cnccc23)c(C)c1. The highest BCUT2D eigenvalue weighted by atomic mass is 32.2. The van der Waals surface area contributed by atoms with Gasteiger partial charge in [0.1, 0.15) is 6.04 Å². The molecule has 1 fully saturated rings. The number of nitrogens with one attached hydrogen (secondary N) is 1. The molecule has 0 aliphatic carbocycles. The highest BCUT2D eigenvalue weighted by Crippen LogP contribution is 2.31. The Kier molecular flexibility index (Phi) is 5.10. The summed E-state index contributed by atoms with van der Waals surface area (Å²) in [5.74, 6) is -0.292. The molecule has 29 heavy (non-hydrogen) atoms. The maximum atomic E-state index is 13.5. The number of fused-ring (bicyclic) bond motifs is 1. The van der Waals surface area contributed by atoms with Gasteiger partial charge in [0.25, 0.3) is 0 Å². The lowest BCUT2D eigenvalue weighted by molar-refractivity contribution is -0.119. The van der Waals surface area contributed by atoms with Gasteiger partial charge in [-0.2, -0.15) is 4.31 Å². The number of amides is 1. The van der Waals surface area contributed by atoms with Gasteiger partial charge in [-0.3, -0.25) is 9.78 Å². The normalized spacial score (nSPS) is 17.5. The fraction of sp³-hybridized carbons (Fsp3) is 0.273. The van der Waals surface area contributed by atoms with E-state index in [4.69, 9.17) is 0 Å². The monoisotopic (exact) mass is 409 g/mol. The molecular formula is C22H23N3O3S. The third-order valence-electron chi connectivity index (χ3n) is 5.37. The molecule has 1 N–H and O–H groups in total. The van der Waals surface area contributed by atoms with Crippen molar-refractivity contribution in [1.82, 2.24) is 9.29 Å². The second-order valence-corrected chi connectivity index (χ2v) is 9.29. The van der Waals surface area contributed by atoms with Gasteiger partial charge in [-0.1, -0.05) is 29.8 Å². The van der Waals surface area contributed by atoms with Gasteiger partial charge in [0.05, 0.1) is 4.90 Å². The summed E-state index contributed by atoms with van der Waals surface area (Å²) < 4.78 is 28.2. The Morgan fingerprint density at radius 3 is 2.79 bits per heavy atom. The van der Waals surface area contributed by atoms with Crippen LogP contribution in [-0.4, -0.2) is 36.2 Å². The summed E-state index contributed by atoms with van der Waals surface area (Å²) >= 11 is 0. The molecule has 4 rings (SSSR count). The number of aromatic nitrogens is 1. The quantitative estimate of drug-likeness (QED) is 0.713. The van der Waals surface area contributed by atoms with Crippen LogP contribution in [0.15, 0.2) is 59.8 Å². The molecule has 0 spiro atoms. The summed E-state index contributed by atoms with van der Waals surface area (Å²) in [6.07, 6.45) is 4.37. The average Bonchev–Trinajstić information content (AvgIpc) is 3.20. The van der Waals surface area contributed by atoms with Crippen molar-refractivity contribution in [3.05, 3.63) is 66.0 Å². The topological polar surface area (TPSA) is 79.4 Å². The molecule has 1 aliphatic heterocycles. The van der Waals surface area contributed by atoms with E-state index in [2.05, 4.69) is 10.3 Å². The summed E-state index contributed by atoms with van der Waals surface area (Å²) in [6, 6.07) is 11.9. The Morgan fingerprint density at radius 2 is 2.00 bits per heavy atom. The highest BCUT2D eigenvalue weighted by Gasteiger charge is 2.40. The molecule has 0 radical (unpaired) electrons. The van der Waals surface area contributed by atoms with Crippen LogP contribution in [0.25, 0.3) is 10.8 Å². The maximum absolute atomic E-state index is 13.5. The number of aryl methyl sites for hydroxylation is 2. The van der Waals surface area contributed by atoms with Crippen LogP contribution in [0, 0.1) is 13.8 Å². The van der Waals surface area contributed by atoms with E-state index in [-0.39, 0.29) is 10.8 Å². The van der Waals surface area contributed by atoms with Crippen LogP contribution >= 0.6 is 0 Å². The number of hydrogen-bond acceptors (Lipinski definition) is 4. The van der Waals surface area contributed by atoms with E-state index in [1.165, 1.54) is 4.31 Å². The van der Waals surface area contributed by atoms with Crippen molar-refractivity contribution in [2.24, 2.45) is 0 Å². The van der Waals surface area contributed by atoms with E-state index < -0.39 is 16.1 Å². The van der Waals surface area contributed by atoms with E-state index in [1.54, 1.807) is 30.6 Å². The van der Waals surface area contributed by atoms with Crippen LogP contribution in [-0.2, 0) is 14.8 Å². The minimum absolute atomic E-state index is 0.212. The van der Waals surface area contributed by atoms with Crippen molar-refractivity contribution in [1.29, 1.82) is 0 Å². The van der Waals surface area contributed by atoms with Crippen LogP contribution in [0.1, 0.15) is 24.0 Å². The first-order valence-electron chi connectivity index (χ1n) is 9.60. The minimum atomic E-state index is -3.82. The first-order chi connectivity index (χ1) is 13.9. The van der Waals surface area contributed by atoms with Gasteiger partial charge in [0.2, 0.25) is 15.9 Å². The number of nitrogens with zero attached hydrogens (tertiary/aromatic N) is 2. The molecule has 3 aromatic rings. The van der Waals surface area contributed by atoms with Crippen LogP contribution in [0.3, 0.4) is 0 Å². The van der Waals surface area contributed by atoms with Gasteiger partial charge in [-0.25, -0.2) is 8.42 Å². The number of rotatable bonds is 4. The van der Waals surface area contributed by atoms with Gasteiger partial charge in [-0.05, 0) is 50.5 Å². The second-order valence-electron chi connectivity index (χ2n) is 7.43. The standard InChI is InChI=1S/C22H23N3O3S/c1-15-8-9-19(16(2)13-15)24-22(26)20-6-4-12-25(20)29(27,28)21-7-3-5-17-14-23-11-10-18(17)21/h3,5,7-11,13-14,20H,4,6,12H2,1-2H3,(H,24,26). The van der Waals surface area contributed by atoms with E-state index in [1.807, 2.05) is 38.1 Å². The largest absolute Gasteiger partial charge is 0.324 e. The third-order valence-corrected chi connectivity index (χ3v) is 7.34.